The van der Waals surface area contributed by atoms with Crippen LogP contribution in [-0.4, -0.2) is 35.4 Å². The van der Waals surface area contributed by atoms with Gasteiger partial charge in [-0.15, -0.1) is 0 Å². The van der Waals surface area contributed by atoms with Crippen LogP contribution in [0.5, 0.6) is 0 Å². The highest BCUT2D eigenvalue weighted by Gasteiger charge is 2.69. The Morgan fingerprint density at radius 1 is 0.927 bits per heavy atom. The van der Waals surface area contributed by atoms with E-state index in [1.807, 2.05) is 20.8 Å². The predicted molar refractivity (Wildman–Crippen MR) is 162 cm³/mol. The van der Waals surface area contributed by atoms with Crippen molar-refractivity contribution in [2.75, 3.05) is 6.61 Å². The second kappa shape index (κ2) is 9.83. The normalized spacial score (nSPS) is 47.0. The zero-order valence-electron chi connectivity index (χ0n) is 27.7. The zero-order valence-corrected chi connectivity index (χ0v) is 27.7. The van der Waals surface area contributed by atoms with Gasteiger partial charge in [0, 0.05) is 0 Å². The summed E-state index contributed by atoms with van der Waals surface area (Å²) in [5.41, 5.74) is 0.641. The lowest BCUT2D eigenvalue weighted by Crippen LogP contribution is -2.65. The first-order valence-electron chi connectivity index (χ1n) is 16.6. The van der Waals surface area contributed by atoms with Crippen LogP contribution in [0.3, 0.4) is 0 Å². The van der Waals surface area contributed by atoms with E-state index in [1.165, 1.54) is 12.0 Å². The SMILES string of the molecule is C[C@H]1[C@H](C)CC[C@]2(C(=O)OCC(=O)OC(C)(C)C)CC[C@]3(C)C(=CC[C@@H]4[C@@]5(C)CC[C@H](O)C(C)(C)C5CC[C@]43C)[C@H]12. The number of hydrogen-bond donors (Lipinski definition) is 1. The number of carbonyl (C=O) groups excluding carboxylic acids is 2. The summed E-state index contributed by atoms with van der Waals surface area (Å²) in [5, 5.41) is 11.0. The van der Waals surface area contributed by atoms with Crippen LogP contribution in [0.15, 0.2) is 11.6 Å². The van der Waals surface area contributed by atoms with Crippen molar-refractivity contribution in [3.63, 3.8) is 0 Å². The van der Waals surface area contributed by atoms with E-state index in [1.54, 1.807) is 0 Å². The van der Waals surface area contributed by atoms with Gasteiger partial charge in [0.05, 0.1) is 11.5 Å². The van der Waals surface area contributed by atoms with Gasteiger partial charge in [0.1, 0.15) is 5.60 Å². The summed E-state index contributed by atoms with van der Waals surface area (Å²) in [4.78, 5) is 26.6. The molecule has 5 rings (SSSR count). The number of esters is 2. The average Bonchev–Trinajstić information content (AvgIpc) is 2.86. The Kier molecular flexibility index (Phi) is 7.45. The lowest BCUT2D eigenvalue weighted by molar-refractivity contribution is -0.208. The first kappa shape index (κ1) is 31.1. The van der Waals surface area contributed by atoms with Crippen LogP contribution in [0.2, 0.25) is 0 Å². The van der Waals surface area contributed by atoms with Gasteiger partial charge in [-0.1, -0.05) is 60.1 Å². The highest BCUT2D eigenvalue weighted by molar-refractivity contribution is 5.82. The molecule has 0 amide bonds. The third-order valence-electron chi connectivity index (χ3n) is 14.1. The molecule has 5 aliphatic rings. The minimum Gasteiger partial charge on any atom is -0.457 e. The molecule has 41 heavy (non-hydrogen) atoms. The summed E-state index contributed by atoms with van der Waals surface area (Å²) in [7, 11) is 0. The number of rotatable bonds is 3. The van der Waals surface area contributed by atoms with E-state index in [2.05, 4.69) is 54.5 Å². The molecule has 5 nitrogen and oxygen atoms in total. The van der Waals surface area contributed by atoms with Crippen LogP contribution >= 0.6 is 0 Å². The molecule has 232 valence electrons. The van der Waals surface area contributed by atoms with Crippen LogP contribution in [-0.2, 0) is 19.1 Å². The molecule has 0 saturated heterocycles. The van der Waals surface area contributed by atoms with E-state index in [0.29, 0.717) is 23.7 Å². The molecular formula is C36H58O5. The molecule has 0 radical (unpaired) electrons. The van der Waals surface area contributed by atoms with Gasteiger partial charge in [0.25, 0.3) is 0 Å². The number of aliphatic hydroxyl groups is 1. The highest BCUT2D eigenvalue weighted by Crippen LogP contribution is 2.75. The van der Waals surface area contributed by atoms with Gasteiger partial charge in [-0.25, -0.2) is 4.79 Å². The van der Waals surface area contributed by atoms with Gasteiger partial charge in [-0.3, -0.25) is 4.79 Å². The largest absolute Gasteiger partial charge is 0.457 e. The summed E-state index contributed by atoms with van der Waals surface area (Å²) in [6.45, 7) is 22.2. The van der Waals surface area contributed by atoms with Gasteiger partial charge < -0.3 is 14.6 Å². The molecule has 0 aromatic rings. The molecule has 5 heteroatoms. The Bertz CT molecular complexity index is 1100. The number of ether oxygens (including phenoxy) is 2. The van der Waals surface area contributed by atoms with Crippen LogP contribution in [0.25, 0.3) is 0 Å². The van der Waals surface area contributed by atoms with Gasteiger partial charge in [-0.2, -0.15) is 0 Å². The first-order chi connectivity index (χ1) is 18.8. The number of fused-ring (bicyclic) bond motifs is 7. The fourth-order valence-electron chi connectivity index (χ4n) is 11.5. The van der Waals surface area contributed by atoms with E-state index < -0.39 is 17.0 Å². The zero-order chi connectivity index (χ0) is 30.4. The van der Waals surface area contributed by atoms with Crippen molar-refractivity contribution in [2.24, 2.45) is 56.7 Å². The second-order valence-electron chi connectivity index (χ2n) is 17.3. The van der Waals surface area contributed by atoms with E-state index in [-0.39, 0.29) is 46.3 Å². The Balaban J connectivity index is 1.50. The van der Waals surface area contributed by atoms with E-state index in [9.17, 15) is 14.7 Å². The topological polar surface area (TPSA) is 72.8 Å². The van der Waals surface area contributed by atoms with Gasteiger partial charge in [-0.05, 0) is 130 Å². The van der Waals surface area contributed by atoms with Crippen molar-refractivity contribution < 1.29 is 24.2 Å². The fraction of sp³-hybridized carbons (Fsp3) is 0.889. The molecular weight excluding hydrogens is 512 g/mol. The maximum absolute atomic E-state index is 14.1. The number of carbonyl (C=O) groups is 2. The maximum atomic E-state index is 14.1. The molecule has 1 N–H and O–H groups in total. The summed E-state index contributed by atoms with van der Waals surface area (Å²) >= 11 is 0. The van der Waals surface area contributed by atoms with Crippen LogP contribution in [0, 0.1) is 56.7 Å². The molecule has 5 aliphatic carbocycles. The van der Waals surface area contributed by atoms with E-state index in [0.717, 1.165) is 51.4 Å². The standard InChI is InChI=1S/C36H58O5/c1-22-13-18-36(30(39)40-21-28(38)41-31(3,4)5)20-19-34(9)24(29(36)23(22)2)11-12-26-33(8)16-15-27(37)32(6,7)25(33)14-17-35(26,34)10/h11,22-23,25-27,29,37H,12-21H2,1-10H3/t22-,23+,25?,26-,27+,29+,33+,34-,35-,36+/m1/s1. The fourth-order valence-corrected chi connectivity index (χ4v) is 11.5. The van der Waals surface area contributed by atoms with E-state index in [4.69, 9.17) is 9.47 Å². The summed E-state index contributed by atoms with van der Waals surface area (Å²) < 4.78 is 11.3. The third-order valence-corrected chi connectivity index (χ3v) is 14.1. The Labute approximate surface area is 249 Å². The quantitative estimate of drug-likeness (QED) is 0.276. The smallest absolute Gasteiger partial charge is 0.344 e. The molecule has 1 unspecified atom stereocenters. The highest BCUT2D eigenvalue weighted by atomic mass is 16.6. The van der Waals surface area contributed by atoms with Crippen molar-refractivity contribution in [3.8, 4) is 0 Å². The lowest BCUT2D eigenvalue weighted by atomic mass is 9.33. The van der Waals surface area contributed by atoms with Crippen LogP contribution in [0.1, 0.15) is 127 Å². The van der Waals surface area contributed by atoms with Crippen molar-refractivity contribution in [1.82, 2.24) is 0 Å². The minimum absolute atomic E-state index is 0.0229. The monoisotopic (exact) mass is 570 g/mol. The second-order valence-corrected chi connectivity index (χ2v) is 17.3. The van der Waals surface area contributed by atoms with Gasteiger partial charge in [0.2, 0.25) is 0 Å². The number of aliphatic hydroxyl groups excluding tert-OH is 1. The summed E-state index contributed by atoms with van der Waals surface area (Å²) in [6.07, 6.45) is 11.4. The van der Waals surface area contributed by atoms with Crippen LogP contribution in [0.4, 0.5) is 0 Å². The van der Waals surface area contributed by atoms with Gasteiger partial charge in [0.15, 0.2) is 6.61 Å². The number of hydrogen-bond acceptors (Lipinski definition) is 5. The molecule has 0 bridgehead atoms. The van der Waals surface area contributed by atoms with Gasteiger partial charge >= 0.3 is 11.9 Å². The molecule has 10 atom stereocenters. The molecule has 4 fully saturated rings. The average molecular weight is 571 g/mol. The van der Waals surface area contributed by atoms with Crippen molar-refractivity contribution in [1.29, 1.82) is 0 Å². The summed E-state index contributed by atoms with van der Waals surface area (Å²) in [6, 6.07) is 0. The molecule has 0 spiro atoms. The number of allylic oxidation sites excluding steroid dienone is 2. The predicted octanol–water partition coefficient (Wildman–Crippen LogP) is 7.89. The first-order valence-corrected chi connectivity index (χ1v) is 16.6. The molecule has 0 aromatic heterocycles. The van der Waals surface area contributed by atoms with Crippen molar-refractivity contribution in [2.45, 2.75) is 139 Å². The summed E-state index contributed by atoms with van der Waals surface area (Å²) in [5.74, 6) is 1.47. The van der Waals surface area contributed by atoms with Crippen molar-refractivity contribution in [3.05, 3.63) is 11.6 Å². The molecule has 0 aliphatic heterocycles. The Hall–Kier alpha value is -1.36. The maximum Gasteiger partial charge on any atom is 0.344 e. The molecule has 0 heterocycles. The third kappa shape index (κ3) is 4.48. The van der Waals surface area contributed by atoms with Crippen molar-refractivity contribution >= 4 is 11.9 Å². The molecule has 0 aromatic carbocycles. The Morgan fingerprint density at radius 3 is 2.27 bits per heavy atom. The Morgan fingerprint density at radius 2 is 1.61 bits per heavy atom. The lowest BCUT2D eigenvalue weighted by Gasteiger charge is -2.71. The molecule has 4 saturated carbocycles. The van der Waals surface area contributed by atoms with Crippen LogP contribution < -0.4 is 0 Å². The van der Waals surface area contributed by atoms with E-state index >= 15 is 0 Å². The minimum atomic E-state index is -0.605.